The number of nitrogens with zero attached hydrogens (tertiary/aromatic N) is 1. The molecule has 20 heavy (non-hydrogen) atoms. The summed E-state index contributed by atoms with van der Waals surface area (Å²) in [6, 6.07) is 8.46. The van der Waals surface area contributed by atoms with Crippen LogP contribution in [0.5, 0.6) is 5.75 Å². The number of carbonyl (C=O) groups is 2. The van der Waals surface area contributed by atoms with Gasteiger partial charge in [0.2, 0.25) is 0 Å². The number of primary amides is 1. The highest BCUT2D eigenvalue weighted by Crippen LogP contribution is 2.18. The molecule has 1 aliphatic rings. The summed E-state index contributed by atoms with van der Waals surface area (Å²) in [5, 5.41) is 2.58. The second-order valence-corrected chi connectivity index (χ2v) is 4.88. The number of nitrogens with two attached hydrogens (primary N) is 1. The van der Waals surface area contributed by atoms with Crippen molar-refractivity contribution in [2.75, 3.05) is 19.6 Å². The van der Waals surface area contributed by atoms with E-state index in [1.165, 1.54) is 0 Å². The van der Waals surface area contributed by atoms with Crippen LogP contribution >= 0.6 is 0 Å². The minimum atomic E-state index is -0.533. The lowest BCUT2D eigenvalue weighted by Gasteiger charge is -2.31. The Morgan fingerprint density at radius 1 is 1.35 bits per heavy atom. The number of para-hydroxylation sites is 1. The lowest BCUT2D eigenvalue weighted by molar-refractivity contribution is 0.126. The smallest absolute Gasteiger partial charge is 0.410 e. The number of benzene rings is 1. The first-order valence-electron chi connectivity index (χ1n) is 6.70. The van der Waals surface area contributed by atoms with E-state index in [1.807, 2.05) is 18.2 Å². The molecule has 0 bridgehead atoms. The molecule has 0 aliphatic carbocycles. The fourth-order valence-electron chi connectivity index (χ4n) is 2.30. The lowest BCUT2D eigenvalue weighted by atomic mass is 9.98. The monoisotopic (exact) mass is 277 g/mol. The molecular formula is C14H19N3O3. The van der Waals surface area contributed by atoms with E-state index in [0.29, 0.717) is 25.4 Å². The van der Waals surface area contributed by atoms with E-state index in [4.69, 9.17) is 10.5 Å². The average Bonchev–Trinajstić information content (AvgIpc) is 2.46. The summed E-state index contributed by atoms with van der Waals surface area (Å²) in [6.07, 6.45) is 1.52. The van der Waals surface area contributed by atoms with Gasteiger partial charge in [-0.3, -0.25) is 0 Å². The van der Waals surface area contributed by atoms with Gasteiger partial charge >= 0.3 is 12.1 Å². The zero-order chi connectivity index (χ0) is 14.4. The molecule has 1 unspecified atom stereocenters. The third-order valence-electron chi connectivity index (χ3n) is 3.29. The number of carbonyl (C=O) groups excluding carboxylic acids is 2. The SMILES string of the molecule is NC(=O)NCC1CCCN(C(=O)Oc2ccccc2)C1. The first-order valence-corrected chi connectivity index (χ1v) is 6.70. The Hall–Kier alpha value is -2.24. The van der Waals surface area contributed by atoms with Crippen molar-refractivity contribution < 1.29 is 14.3 Å². The van der Waals surface area contributed by atoms with Crippen LogP contribution in [0, 0.1) is 5.92 Å². The number of likely N-dealkylation sites (tertiary alicyclic amines) is 1. The van der Waals surface area contributed by atoms with Gasteiger partial charge in [-0.2, -0.15) is 0 Å². The van der Waals surface area contributed by atoms with E-state index in [1.54, 1.807) is 17.0 Å². The summed E-state index contributed by atoms with van der Waals surface area (Å²) in [5.41, 5.74) is 5.05. The van der Waals surface area contributed by atoms with Crippen molar-refractivity contribution in [1.82, 2.24) is 10.2 Å². The Balaban J connectivity index is 1.85. The molecule has 1 heterocycles. The fourth-order valence-corrected chi connectivity index (χ4v) is 2.30. The highest BCUT2D eigenvalue weighted by Gasteiger charge is 2.25. The van der Waals surface area contributed by atoms with Crippen LogP contribution in [0.2, 0.25) is 0 Å². The Morgan fingerprint density at radius 2 is 2.10 bits per heavy atom. The maximum Gasteiger partial charge on any atom is 0.415 e. The van der Waals surface area contributed by atoms with Crippen LogP contribution in [0.1, 0.15) is 12.8 Å². The summed E-state index contributed by atoms with van der Waals surface area (Å²) < 4.78 is 5.30. The Morgan fingerprint density at radius 3 is 2.80 bits per heavy atom. The number of hydrogen-bond donors (Lipinski definition) is 2. The first kappa shape index (κ1) is 14.2. The molecule has 1 atom stereocenters. The van der Waals surface area contributed by atoms with Gasteiger partial charge in [0, 0.05) is 19.6 Å². The molecule has 0 radical (unpaired) electrons. The molecular weight excluding hydrogens is 258 g/mol. The fraction of sp³-hybridized carbons (Fsp3) is 0.429. The van der Waals surface area contributed by atoms with Crippen molar-refractivity contribution in [3.63, 3.8) is 0 Å². The normalized spacial score (nSPS) is 18.4. The van der Waals surface area contributed by atoms with Gasteiger partial charge in [0.25, 0.3) is 0 Å². The molecule has 1 aromatic carbocycles. The van der Waals surface area contributed by atoms with E-state index in [-0.39, 0.29) is 12.0 Å². The molecule has 0 saturated carbocycles. The second kappa shape index (κ2) is 6.79. The highest BCUT2D eigenvalue weighted by atomic mass is 16.6. The number of nitrogens with one attached hydrogen (secondary N) is 1. The second-order valence-electron chi connectivity index (χ2n) is 4.88. The Kier molecular flexibility index (Phi) is 4.81. The minimum Gasteiger partial charge on any atom is -0.410 e. The van der Waals surface area contributed by atoms with Crippen LogP contribution in [0.3, 0.4) is 0 Å². The van der Waals surface area contributed by atoms with Crippen molar-refractivity contribution >= 4 is 12.1 Å². The maximum atomic E-state index is 12.0. The molecule has 108 valence electrons. The number of urea groups is 1. The molecule has 6 nitrogen and oxygen atoms in total. The van der Waals surface area contributed by atoms with Gasteiger partial charge in [0.05, 0.1) is 0 Å². The summed E-state index contributed by atoms with van der Waals surface area (Å²) in [4.78, 5) is 24.4. The number of amides is 3. The average molecular weight is 277 g/mol. The summed E-state index contributed by atoms with van der Waals surface area (Å²) in [5.74, 6) is 0.759. The molecule has 2 rings (SSSR count). The number of hydrogen-bond acceptors (Lipinski definition) is 3. The zero-order valence-electron chi connectivity index (χ0n) is 11.2. The number of ether oxygens (including phenoxy) is 1. The first-order chi connectivity index (χ1) is 9.65. The van der Waals surface area contributed by atoms with E-state index < -0.39 is 6.03 Å². The molecule has 3 N–H and O–H groups in total. The van der Waals surface area contributed by atoms with Gasteiger partial charge < -0.3 is 20.7 Å². The highest BCUT2D eigenvalue weighted by molar-refractivity contribution is 5.72. The van der Waals surface area contributed by atoms with E-state index in [2.05, 4.69) is 5.32 Å². The zero-order valence-corrected chi connectivity index (χ0v) is 11.2. The van der Waals surface area contributed by atoms with Gasteiger partial charge in [0.15, 0.2) is 0 Å². The molecule has 3 amide bonds. The third-order valence-corrected chi connectivity index (χ3v) is 3.29. The topological polar surface area (TPSA) is 84.7 Å². The van der Waals surface area contributed by atoms with Crippen molar-refractivity contribution in [1.29, 1.82) is 0 Å². The molecule has 1 saturated heterocycles. The summed E-state index contributed by atoms with van der Waals surface area (Å²) >= 11 is 0. The largest absolute Gasteiger partial charge is 0.415 e. The van der Waals surface area contributed by atoms with Crippen LogP contribution in [0.4, 0.5) is 9.59 Å². The van der Waals surface area contributed by atoms with Gasteiger partial charge in [-0.1, -0.05) is 18.2 Å². The Bertz CT molecular complexity index is 464. The molecule has 1 aromatic rings. The standard InChI is InChI=1S/C14H19N3O3/c15-13(18)16-9-11-5-4-8-17(10-11)14(19)20-12-6-2-1-3-7-12/h1-3,6-7,11H,4-5,8-10H2,(H3,15,16,18). The van der Waals surface area contributed by atoms with Crippen molar-refractivity contribution in [2.24, 2.45) is 11.7 Å². The van der Waals surface area contributed by atoms with Crippen LogP contribution in [0.15, 0.2) is 30.3 Å². The predicted molar refractivity (Wildman–Crippen MR) is 74.3 cm³/mol. The van der Waals surface area contributed by atoms with Crippen LogP contribution in [0.25, 0.3) is 0 Å². The van der Waals surface area contributed by atoms with Crippen molar-refractivity contribution in [3.05, 3.63) is 30.3 Å². The van der Waals surface area contributed by atoms with Gasteiger partial charge in [-0.05, 0) is 30.9 Å². The molecule has 6 heteroatoms. The minimum absolute atomic E-state index is 0.222. The van der Waals surface area contributed by atoms with E-state index in [0.717, 1.165) is 12.8 Å². The molecule has 0 spiro atoms. The van der Waals surface area contributed by atoms with E-state index >= 15 is 0 Å². The van der Waals surface area contributed by atoms with Gasteiger partial charge in [-0.25, -0.2) is 9.59 Å². The molecule has 1 aliphatic heterocycles. The maximum absolute atomic E-state index is 12.0. The summed E-state index contributed by atoms with van der Waals surface area (Å²) in [6.45, 7) is 1.75. The Labute approximate surface area is 117 Å². The van der Waals surface area contributed by atoms with Gasteiger partial charge in [-0.15, -0.1) is 0 Å². The number of piperidine rings is 1. The lowest BCUT2D eigenvalue weighted by Crippen LogP contribution is -2.45. The van der Waals surface area contributed by atoms with Crippen molar-refractivity contribution in [3.8, 4) is 5.75 Å². The van der Waals surface area contributed by atoms with Crippen LogP contribution < -0.4 is 15.8 Å². The van der Waals surface area contributed by atoms with Crippen molar-refractivity contribution in [2.45, 2.75) is 12.8 Å². The number of rotatable bonds is 3. The summed E-state index contributed by atoms with van der Waals surface area (Å²) in [7, 11) is 0. The van der Waals surface area contributed by atoms with Gasteiger partial charge in [0.1, 0.15) is 5.75 Å². The van der Waals surface area contributed by atoms with E-state index in [9.17, 15) is 9.59 Å². The molecule has 0 aromatic heterocycles. The van der Waals surface area contributed by atoms with Crippen LogP contribution in [-0.4, -0.2) is 36.7 Å². The van der Waals surface area contributed by atoms with Crippen LogP contribution in [-0.2, 0) is 0 Å². The quantitative estimate of drug-likeness (QED) is 0.879. The third kappa shape index (κ3) is 4.15. The molecule has 1 fully saturated rings. The predicted octanol–water partition coefficient (Wildman–Crippen LogP) is 1.57.